The van der Waals surface area contributed by atoms with Gasteiger partial charge in [-0.05, 0) is 32.0 Å². The number of hydrogen-bond donors (Lipinski definition) is 1. The molecule has 0 saturated carbocycles. The number of aromatic nitrogens is 2. The van der Waals surface area contributed by atoms with Crippen LogP contribution < -0.4 is 5.32 Å². The molecule has 3 aromatic rings. The molecule has 1 saturated heterocycles. The van der Waals surface area contributed by atoms with Crippen molar-refractivity contribution in [2.45, 2.75) is 26.8 Å². The van der Waals surface area contributed by atoms with Crippen LogP contribution in [-0.2, 0) is 11.3 Å². The van der Waals surface area contributed by atoms with Gasteiger partial charge in [-0.15, -0.1) is 0 Å². The summed E-state index contributed by atoms with van der Waals surface area (Å²) in [7, 11) is 0. The topological polar surface area (TPSA) is 53.4 Å². The molecule has 32 heavy (non-hydrogen) atoms. The van der Waals surface area contributed by atoms with Gasteiger partial charge >= 0.3 is 0 Å². The molecule has 2 heterocycles. The minimum absolute atomic E-state index is 0.00222. The number of piperazine rings is 1. The number of anilines is 1. The molecule has 4 rings (SSSR count). The molecule has 0 radical (unpaired) electrons. The molecule has 2 aromatic carbocycles. The zero-order valence-electron chi connectivity index (χ0n) is 18.7. The van der Waals surface area contributed by atoms with Gasteiger partial charge in [-0.2, -0.15) is 5.10 Å². The molecule has 0 atom stereocenters. The minimum Gasteiger partial charge on any atom is -0.323 e. The normalized spacial score (nSPS) is 15.1. The number of benzene rings is 2. The van der Waals surface area contributed by atoms with E-state index in [-0.39, 0.29) is 11.7 Å². The maximum absolute atomic E-state index is 13.9. The van der Waals surface area contributed by atoms with Crippen molar-refractivity contribution >= 4 is 11.6 Å². The first-order valence-electron chi connectivity index (χ1n) is 11.1. The standard InChI is InChI=1S/C25H30FN5O/c1-19-25(20(2)31(28-19)22-9-4-3-5-10-22)27-24(32)12-13-29-14-16-30(17-15-29)18-21-8-6-7-11-23(21)26/h3-11H,12-18H2,1-2H3,(H,27,32). The van der Waals surface area contributed by atoms with Crippen LogP contribution >= 0.6 is 0 Å². The Bertz CT molecular complexity index is 1060. The van der Waals surface area contributed by atoms with Gasteiger partial charge in [0.2, 0.25) is 5.91 Å². The second-order valence-electron chi connectivity index (χ2n) is 8.30. The summed E-state index contributed by atoms with van der Waals surface area (Å²) in [6.45, 7) is 8.73. The molecule has 6 nitrogen and oxygen atoms in total. The van der Waals surface area contributed by atoms with Crippen LogP contribution in [0.2, 0.25) is 0 Å². The van der Waals surface area contributed by atoms with E-state index in [2.05, 4.69) is 20.2 Å². The van der Waals surface area contributed by atoms with Crippen LogP contribution in [0.15, 0.2) is 54.6 Å². The first-order valence-corrected chi connectivity index (χ1v) is 11.1. The van der Waals surface area contributed by atoms with Gasteiger partial charge in [-0.1, -0.05) is 36.4 Å². The number of aryl methyl sites for hydroxylation is 1. The summed E-state index contributed by atoms with van der Waals surface area (Å²) in [4.78, 5) is 17.2. The van der Waals surface area contributed by atoms with E-state index < -0.39 is 0 Å². The first kappa shape index (κ1) is 22.2. The van der Waals surface area contributed by atoms with Crippen LogP contribution in [0.3, 0.4) is 0 Å². The number of halogens is 1. The Hall–Kier alpha value is -3.03. The maximum Gasteiger partial charge on any atom is 0.225 e. The Kier molecular flexibility index (Phi) is 6.97. The summed E-state index contributed by atoms with van der Waals surface area (Å²) in [6.07, 6.45) is 0.433. The molecular formula is C25H30FN5O. The lowest BCUT2D eigenvalue weighted by molar-refractivity contribution is -0.116. The Morgan fingerprint density at radius 2 is 1.62 bits per heavy atom. The van der Waals surface area contributed by atoms with Crippen molar-refractivity contribution in [1.29, 1.82) is 0 Å². The number of para-hydroxylation sites is 1. The van der Waals surface area contributed by atoms with Crippen molar-refractivity contribution in [2.24, 2.45) is 0 Å². The molecule has 1 amide bonds. The number of nitrogens with zero attached hydrogens (tertiary/aromatic N) is 4. The van der Waals surface area contributed by atoms with Gasteiger partial charge in [0, 0.05) is 51.3 Å². The van der Waals surface area contributed by atoms with Gasteiger partial charge in [-0.25, -0.2) is 9.07 Å². The highest BCUT2D eigenvalue weighted by molar-refractivity contribution is 5.92. The number of hydrogen-bond acceptors (Lipinski definition) is 4. The molecule has 1 aromatic heterocycles. The molecule has 7 heteroatoms. The second-order valence-corrected chi connectivity index (χ2v) is 8.30. The lowest BCUT2D eigenvalue weighted by atomic mass is 10.2. The van der Waals surface area contributed by atoms with Gasteiger partial charge in [0.1, 0.15) is 5.82 Å². The third kappa shape index (κ3) is 5.23. The summed E-state index contributed by atoms with van der Waals surface area (Å²) < 4.78 is 15.7. The number of amides is 1. The smallest absolute Gasteiger partial charge is 0.225 e. The molecular weight excluding hydrogens is 405 g/mol. The molecule has 1 aliphatic rings. The monoisotopic (exact) mass is 435 g/mol. The zero-order chi connectivity index (χ0) is 22.5. The van der Waals surface area contributed by atoms with E-state index >= 15 is 0 Å². The number of rotatable bonds is 7. The molecule has 1 aliphatic heterocycles. The van der Waals surface area contributed by atoms with Gasteiger partial charge < -0.3 is 10.2 Å². The van der Waals surface area contributed by atoms with E-state index in [4.69, 9.17) is 0 Å². The molecule has 1 N–H and O–H groups in total. The van der Waals surface area contributed by atoms with Crippen molar-refractivity contribution < 1.29 is 9.18 Å². The third-order valence-electron chi connectivity index (χ3n) is 6.03. The largest absolute Gasteiger partial charge is 0.323 e. The predicted molar refractivity (Wildman–Crippen MR) is 124 cm³/mol. The van der Waals surface area contributed by atoms with Crippen molar-refractivity contribution in [3.8, 4) is 5.69 Å². The highest BCUT2D eigenvalue weighted by atomic mass is 19.1. The van der Waals surface area contributed by atoms with Crippen LogP contribution in [-0.4, -0.2) is 58.2 Å². The summed E-state index contributed by atoms with van der Waals surface area (Å²) in [5.41, 5.74) is 4.22. The fraction of sp³-hybridized carbons (Fsp3) is 0.360. The van der Waals surface area contributed by atoms with Crippen molar-refractivity contribution in [1.82, 2.24) is 19.6 Å². The fourth-order valence-corrected chi connectivity index (χ4v) is 4.14. The molecule has 0 bridgehead atoms. The Morgan fingerprint density at radius 1 is 0.969 bits per heavy atom. The molecule has 1 fully saturated rings. The van der Waals surface area contributed by atoms with Crippen molar-refractivity contribution in [2.75, 3.05) is 38.0 Å². The highest BCUT2D eigenvalue weighted by Crippen LogP contribution is 2.23. The van der Waals surface area contributed by atoms with Crippen molar-refractivity contribution in [3.05, 3.63) is 77.4 Å². The lowest BCUT2D eigenvalue weighted by Crippen LogP contribution is -2.46. The van der Waals surface area contributed by atoms with Crippen LogP contribution in [0.5, 0.6) is 0 Å². The van der Waals surface area contributed by atoms with Crippen LogP contribution in [0, 0.1) is 19.7 Å². The second kappa shape index (κ2) is 10.1. The Labute approximate surface area is 188 Å². The predicted octanol–water partition coefficient (Wildman–Crippen LogP) is 3.77. The van der Waals surface area contributed by atoms with Gasteiger partial charge in [0.15, 0.2) is 0 Å². The molecule has 168 valence electrons. The Balaban J connectivity index is 1.26. The molecule has 0 unspecified atom stereocenters. The first-order chi connectivity index (χ1) is 15.5. The molecule has 0 spiro atoms. The van der Waals surface area contributed by atoms with E-state index in [1.54, 1.807) is 6.07 Å². The maximum atomic E-state index is 13.9. The van der Waals surface area contributed by atoms with E-state index in [0.717, 1.165) is 54.5 Å². The minimum atomic E-state index is -0.146. The third-order valence-corrected chi connectivity index (χ3v) is 6.03. The van der Waals surface area contributed by atoms with E-state index in [9.17, 15) is 9.18 Å². The number of carbonyl (C=O) groups is 1. The summed E-state index contributed by atoms with van der Waals surface area (Å²) in [5, 5.41) is 7.65. The van der Waals surface area contributed by atoms with Crippen LogP contribution in [0.25, 0.3) is 5.69 Å². The van der Waals surface area contributed by atoms with E-state index in [1.807, 2.05) is 61.0 Å². The quantitative estimate of drug-likeness (QED) is 0.614. The average molecular weight is 436 g/mol. The Morgan fingerprint density at radius 3 is 2.34 bits per heavy atom. The van der Waals surface area contributed by atoms with Crippen molar-refractivity contribution in [3.63, 3.8) is 0 Å². The van der Waals surface area contributed by atoms with E-state index in [1.165, 1.54) is 6.07 Å². The van der Waals surface area contributed by atoms with Crippen LogP contribution in [0.4, 0.5) is 10.1 Å². The van der Waals surface area contributed by atoms with Gasteiger partial charge in [-0.3, -0.25) is 9.69 Å². The van der Waals surface area contributed by atoms with Crippen LogP contribution in [0.1, 0.15) is 23.4 Å². The summed E-state index contributed by atoms with van der Waals surface area (Å²) in [5.74, 6) is -0.148. The average Bonchev–Trinajstić information content (AvgIpc) is 3.09. The van der Waals surface area contributed by atoms with E-state index in [0.29, 0.717) is 19.5 Å². The highest BCUT2D eigenvalue weighted by Gasteiger charge is 2.20. The molecule has 0 aliphatic carbocycles. The summed E-state index contributed by atoms with van der Waals surface area (Å²) >= 11 is 0. The van der Waals surface area contributed by atoms with Gasteiger partial charge in [0.05, 0.1) is 22.8 Å². The number of carbonyl (C=O) groups excluding carboxylic acids is 1. The lowest BCUT2D eigenvalue weighted by Gasteiger charge is -2.34. The fourth-order valence-electron chi connectivity index (χ4n) is 4.14. The van der Waals surface area contributed by atoms with Gasteiger partial charge in [0.25, 0.3) is 0 Å². The zero-order valence-corrected chi connectivity index (χ0v) is 18.7. The summed E-state index contributed by atoms with van der Waals surface area (Å²) in [6, 6.07) is 16.9. The number of nitrogens with one attached hydrogen (secondary N) is 1. The SMILES string of the molecule is Cc1nn(-c2ccccc2)c(C)c1NC(=O)CCN1CCN(Cc2ccccc2F)CC1.